The average Bonchev–Trinajstić information content (AvgIpc) is 2.35. The van der Waals surface area contributed by atoms with E-state index >= 15 is 0 Å². The Hall–Kier alpha value is -1.09. The predicted octanol–water partition coefficient (Wildman–Crippen LogP) is 2.05. The van der Waals surface area contributed by atoms with E-state index in [1.165, 1.54) is 0 Å². The van der Waals surface area contributed by atoms with Crippen LogP contribution < -0.4 is 5.32 Å². The van der Waals surface area contributed by atoms with Gasteiger partial charge in [0, 0.05) is 37.3 Å². The van der Waals surface area contributed by atoms with Crippen molar-refractivity contribution in [3.63, 3.8) is 0 Å². The van der Waals surface area contributed by atoms with Crippen LogP contribution in [0.25, 0.3) is 0 Å². The van der Waals surface area contributed by atoms with Gasteiger partial charge in [0.15, 0.2) is 5.78 Å². The van der Waals surface area contributed by atoms with E-state index in [-0.39, 0.29) is 23.8 Å². The van der Waals surface area contributed by atoms with Gasteiger partial charge < -0.3 is 10.1 Å². The second-order valence-corrected chi connectivity index (χ2v) is 4.18. The third-order valence-electron chi connectivity index (χ3n) is 3.27. The highest BCUT2D eigenvalue weighted by atomic mass is 16.5. The van der Waals surface area contributed by atoms with E-state index in [4.69, 9.17) is 4.74 Å². The highest BCUT2D eigenvalue weighted by molar-refractivity contribution is 5.95. The molecule has 0 spiro atoms. The molecule has 0 aromatic carbocycles. The van der Waals surface area contributed by atoms with Gasteiger partial charge in [-0.3, -0.25) is 4.79 Å². The summed E-state index contributed by atoms with van der Waals surface area (Å²) in [5, 5.41) is 3.22. The fraction of sp³-hybridized carbons (Fsp3) is 0.615. The first-order valence-electron chi connectivity index (χ1n) is 5.77. The molecule has 1 heterocycles. The average molecular weight is 223 g/mol. The fourth-order valence-corrected chi connectivity index (χ4v) is 2.06. The molecule has 0 fully saturated rings. The fourth-order valence-electron chi connectivity index (χ4n) is 2.06. The van der Waals surface area contributed by atoms with Crippen LogP contribution in [0.3, 0.4) is 0 Å². The second kappa shape index (κ2) is 5.85. The zero-order chi connectivity index (χ0) is 12.1. The SMILES string of the molecule is C=C[C@H]1NC=C(C(=O)CC)C[C@H]1[C@@H](C)OC. The molecule has 1 N–H and O–H groups in total. The number of ketones is 1. The molecule has 1 aliphatic rings. The second-order valence-electron chi connectivity index (χ2n) is 4.18. The van der Waals surface area contributed by atoms with Gasteiger partial charge in [-0.05, 0) is 13.3 Å². The molecule has 3 atom stereocenters. The first-order valence-corrected chi connectivity index (χ1v) is 5.77. The Balaban J connectivity index is 2.80. The quantitative estimate of drug-likeness (QED) is 0.725. The molecule has 3 heteroatoms. The van der Waals surface area contributed by atoms with Crippen LogP contribution in [-0.2, 0) is 9.53 Å². The zero-order valence-electron chi connectivity index (χ0n) is 10.3. The Morgan fingerprint density at radius 2 is 2.50 bits per heavy atom. The smallest absolute Gasteiger partial charge is 0.160 e. The molecule has 0 radical (unpaired) electrons. The molecule has 0 saturated heterocycles. The van der Waals surface area contributed by atoms with E-state index < -0.39 is 0 Å². The van der Waals surface area contributed by atoms with Crippen LogP contribution in [-0.4, -0.2) is 25.0 Å². The number of rotatable bonds is 5. The van der Waals surface area contributed by atoms with E-state index in [0.29, 0.717) is 6.42 Å². The summed E-state index contributed by atoms with van der Waals surface area (Å²) in [6.45, 7) is 7.73. The maximum atomic E-state index is 11.6. The molecule has 0 amide bonds. The van der Waals surface area contributed by atoms with Crippen molar-refractivity contribution in [2.24, 2.45) is 5.92 Å². The number of carbonyl (C=O) groups excluding carboxylic acids is 1. The summed E-state index contributed by atoms with van der Waals surface area (Å²) in [6, 6.07) is 0.184. The molecule has 0 bridgehead atoms. The zero-order valence-corrected chi connectivity index (χ0v) is 10.3. The summed E-state index contributed by atoms with van der Waals surface area (Å²) in [7, 11) is 1.70. The minimum absolute atomic E-state index is 0.115. The molecule has 0 aromatic rings. The van der Waals surface area contributed by atoms with Gasteiger partial charge in [0.05, 0.1) is 6.10 Å². The maximum absolute atomic E-state index is 11.6. The Morgan fingerprint density at radius 1 is 1.81 bits per heavy atom. The van der Waals surface area contributed by atoms with E-state index in [1.807, 2.05) is 26.1 Å². The largest absolute Gasteiger partial charge is 0.384 e. The van der Waals surface area contributed by atoms with Crippen LogP contribution in [0.2, 0.25) is 0 Å². The molecule has 1 rings (SSSR count). The third kappa shape index (κ3) is 2.73. The highest BCUT2D eigenvalue weighted by Crippen LogP contribution is 2.26. The third-order valence-corrected chi connectivity index (χ3v) is 3.27. The van der Waals surface area contributed by atoms with E-state index in [1.54, 1.807) is 7.11 Å². The van der Waals surface area contributed by atoms with Crippen LogP contribution in [0, 0.1) is 5.92 Å². The van der Waals surface area contributed by atoms with Crippen LogP contribution in [0.15, 0.2) is 24.4 Å². The lowest BCUT2D eigenvalue weighted by molar-refractivity contribution is -0.115. The van der Waals surface area contributed by atoms with Gasteiger partial charge in [0.1, 0.15) is 0 Å². The van der Waals surface area contributed by atoms with Crippen molar-refractivity contribution in [2.45, 2.75) is 38.8 Å². The Morgan fingerprint density at radius 3 is 3.00 bits per heavy atom. The summed E-state index contributed by atoms with van der Waals surface area (Å²) in [5.74, 6) is 0.487. The standard InChI is InChI=1S/C13H21NO2/c1-5-12-11(9(3)16-4)7-10(8-14-12)13(15)6-2/h5,8-9,11-12,14H,1,6-7H2,2-4H3/t9-,11+,12-/m1/s1. The molecular weight excluding hydrogens is 202 g/mol. The number of hydrogen-bond donors (Lipinski definition) is 1. The molecule has 0 aliphatic carbocycles. The number of Topliss-reactive ketones (excluding diaryl/α,β-unsaturated/α-hetero) is 1. The van der Waals surface area contributed by atoms with Crippen LogP contribution in [0.4, 0.5) is 0 Å². The van der Waals surface area contributed by atoms with Crippen LogP contribution in [0.1, 0.15) is 26.7 Å². The molecule has 90 valence electrons. The summed E-state index contributed by atoms with van der Waals surface area (Å²) in [4.78, 5) is 11.6. The number of nitrogens with one attached hydrogen (secondary N) is 1. The van der Waals surface area contributed by atoms with Gasteiger partial charge >= 0.3 is 0 Å². The van der Waals surface area contributed by atoms with Crippen molar-refractivity contribution < 1.29 is 9.53 Å². The summed E-state index contributed by atoms with van der Waals surface area (Å²) in [6.07, 6.45) is 5.15. The predicted molar refractivity (Wildman–Crippen MR) is 65.1 cm³/mol. The van der Waals surface area contributed by atoms with Gasteiger partial charge in [0.25, 0.3) is 0 Å². The van der Waals surface area contributed by atoms with Crippen molar-refractivity contribution >= 4 is 5.78 Å². The molecule has 1 aliphatic heterocycles. The van der Waals surface area contributed by atoms with Gasteiger partial charge in [-0.15, -0.1) is 6.58 Å². The molecule has 3 nitrogen and oxygen atoms in total. The van der Waals surface area contributed by atoms with Crippen LogP contribution >= 0.6 is 0 Å². The molecular formula is C13H21NO2. The Labute approximate surface area is 97.6 Å². The number of hydrogen-bond acceptors (Lipinski definition) is 3. The van der Waals surface area contributed by atoms with Gasteiger partial charge in [0.2, 0.25) is 0 Å². The number of allylic oxidation sites excluding steroid dienone is 1. The number of methoxy groups -OCH3 is 1. The lowest BCUT2D eigenvalue weighted by atomic mass is 9.84. The summed E-state index contributed by atoms with van der Waals surface area (Å²) in [5.41, 5.74) is 0.870. The normalized spacial score (nSPS) is 26.6. The minimum Gasteiger partial charge on any atom is -0.384 e. The van der Waals surface area contributed by atoms with Crippen molar-refractivity contribution in [3.05, 3.63) is 24.4 Å². The maximum Gasteiger partial charge on any atom is 0.160 e. The van der Waals surface area contributed by atoms with Crippen molar-refractivity contribution in [1.82, 2.24) is 5.32 Å². The van der Waals surface area contributed by atoms with Crippen molar-refractivity contribution in [1.29, 1.82) is 0 Å². The first-order chi connectivity index (χ1) is 7.63. The van der Waals surface area contributed by atoms with E-state index in [2.05, 4.69) is 11.9 Å². The summed E-state index contributed by atoms with van der Waals surface area (Å²) < 4.78 is 5.36. The molecule has 16 heavy (non-hydrogen) atoms. The molecule has 0 unspecified atom stereocenters. The molecule has 0 saturated carbocycles. The van der Waals surface area contributed by atoms with Gasteiger partial charge in [-0.2, -0.15) is 0 Å². The molecule has 0 aromatic heterocycles. The van der Waals surface area contributed by atoms with E-state index in [0.717, 1.165) is 12.0 Å². The van der Waals surface area contributed by atoms with Crippen LogP contribution in [0.5, 0.6) is 0 Å². The lowest BCUT2D eigenvalue weighted by Crippen LogP contribution is -2.42. The number of carbonyl (C=O) groups is 1. The number of ether oxygens (including phenoxy) is 1. The van der Waals surface area contributed by atoms with Gasteiger partial charge in [-0.25, -0.2) is 0 Å². The Kier molecular flexibility index (Phi) is 4.74. The van der Waals surface area contributed by atoms with Crippen molar-refractivity contribution in [2.75, 3.05) is 7.11 Å². The van der Waals surface area contributed by atoms with Crippen molar-refractivity contribution in [3.8, 4) is 0 Å². The minimum atomic E-state index is 0.115. The first kappa shape index (κ1) is 13.0. The van der Waals surface area contributed by atoms with Gasteiger partial charge in [-0.1, -0.05) is 13.0 Å². The monoisotopic (exact) mass is 223 g/mol. The Bertz CT molecular complexity index is 296. The topological polar surface area (TPSA) is 38.3 Å². The van der Waals surface area contributed by atoms with E-state index in [9.17, 15) is 4.79 Å². The highest BCUT2D eigenvalue weighted by Gasteiger charge is 2.30. The summed E-state index contributed by atoms with van der Waals surface area (Å²) >= 11 is 0. The lowest BCUT2D eigenvalue weighted by Gasteiger charge is -2.33.